The number of urea groups is 1. The van der Waals surface area contributed by atoms with E-state index in [1.54, 1.807) is 10.9 Å². The molecule has 3 rings (SSSR count). The summed E-state index contributed by atoms with van der Waals surface area (Å²) in [5, 5.41) is 7.05. The van der Waals surface area contributed by atoms with Crippen LogP contribution in [-0.2, 0) is 13.5 Å². The Morgan fingerprint density at radius 1 is 1.45 bits per heavy atom. The number of hydrogen-bond donors (Lipinski definition) is 1. The van der Waals surface area contributed by atoms with Crippen molar-refractivity contribution in [2.45, 2.75) is 32.2 Å². The minimum absolute atomic E-state index is 0.0449. The second-order valence-corrected chi connectivity index (χ2v) is 5.78. The molecule has 0 aliphatic heterocycles. The molecule has 0 saturated carbocycles. The van der Waals surface area contributed by atoms with Crippen molar-refractivity contribution < 1.29 is 4.79 Å². The van der Waals surface area contributed by atoms with Crippen LogP contribution in [0.25, 0.3) is 0 Å². The molecule has 0 bridgehead atoms. The number of anilines is 1. The largest absolute Gasteiger partial charge is 0.322 e. The smallest absolute Gasteiger partial charge is 0.317 e. The zero-order valence-electron chi connectivity index (χ0n) is 13.1. The zero-order valence-corrected chi connectivity index (χ0v) is 13.1. The molecule has 22 heavy (non-hydrogen) atoms. The van der Waals surface area contributed by atoms with E-state index in [-0.39, 0.29) is 12.1 Å². The molecule has 1 aromatic heterocycles. The van der Waals surface area contributed by atoms with Gasteiger partial charge in [-0.05, 0) is 30.4 Å². The van der Waals surface area contributed by atoms with Gasteiger partial charge in [0.2, 0.25) is 0 Å². The first-order chi connectivity index (χ1) is 10.7. The third-order valence-electron chi connectivity index (χ3n) is 4.16. The van der Waals surface area contributed by atoms with Crippen molar-refractivity contribution in [1.29, 1.82) is 0 Å². The molecule has 1 heterocycles. The molecular formula is C17H22N4O. The average Bonchev–Trinajstić information content (AvgIpc) is 3.11. The van der Waals surface area contributed by atoms with Gasteiger partial charge in [0.05, 0.1) is 17.9 Å². The number of carbonyl (C=O) groups excluding carboxylic acids is 1. The van der Waals surface area contributed by atoms with Crippen LogP contribution in [0.1, 0.15) is 36.9 Å². The molecule has 116 valence electrons. The Morgan fingerprint density at radius 2 is 2.27 bits per heavy atom. The summed E-state index contributed by atoms with van der Waals surface area (Å²) in [7, 11) is 1.84. The highest BCUT2D eigenvalue weighted by molar-refractivity contribution is 5.89. The molecule has 1 aromatic carbocycles. The molecule has 0 fully saturated rings. The Bertz CT molecular complexity index is 664. The minimum atomic E-state index is -0.0449. The van der Waals surface area contributed by atoms with Gasteiger partial charge in [0.1, 0.15) is 0 Å². The van der Waals surface area contributed by atoms with E-state index < -0.39 is 0 Å². The van der Waals surface area contributed by atoms with Gasteiger partial charge < -0.3 is 10.2 Å². The van der Waals surface area contributed by atoms with Crippen LogP contribution in [0.4, 0.5) is 10.5 Å². The van der Waals surface area contributed by atoms with Gasteiger partial charge in [-0.15, -0.1) is 0 Å². The highest BCUT2D eigenvalue weighted by Gasteiger charge is 2.30. The molecule has 1 atom stereocenters. The highest BCUT2D eigenvalue weighted by atomic mass is 16.2. The maximum atomic E-state index is 12.7. The lowest BCUT2D eigenvalue weighted by molar-refractivity contribution is 0.187. The summed E-state index contributed by atoms with van der Waals surface area (Å²) in [6.07, 6.45) is 6.47. The lowest BCUT2D eigenvalue weighted by Crippen LogP contribution is -2.37. The van der Waals surface area contributed by atoms with E-state index in [2.05, 4.69) is 41.6 Å². The summed E-state index contributed by atoms with van der Waals surface area (Å²) in [5.74, 6) is 0. The van der Waals surface area contributed by atoms with Crippen LogP contribution in [0, 0.1) is 0 Å². The normalized spacial score (nSPS) is 16.4. The summed E-state index contributed by atoms with van der Waals surface area (Å²) in [6, 6.07) is 8.57. The lowest BCUT2D eigenvalue weighted by atomic mass is 10.1. The molecule has 1 aliphatic rings. The first kappa shape index (κ1) is 14.6. The van der Waals surface area contributed by atoms with E-state index in [4.69, 9.17) is 0 Å². The van der Waals surface area contributed by atoms with Crippen molar-refractivity contribution in [3.63, 3.8) is 0 Å². The van der Waals surface area contributed by atoms with Gasteiger partial charge in [-0.2, -0.15) is 5.10 Å². The fraction of sp³-hybridized carbons (Fsp3) is 0.412. The van der Waals surface area contributed by atoms with E-state index in [1.165, 1.54) is 11.1 Å². The molecule has 1 N–H and O–H groups in total. The van der Waals surface area contributed by atoms with Crippen molar-refractivity contribution in [3.05, 3.63) is 47.8 Å². The van der Waals surface area contributed by atoms with E-state index in [0.717, 1.165) is 31.5 Å². The van der Waals surface area contributed by atoms with Crippen LogP contribution in [-0.4, -0.2) is 27.3 Å². The molecule has 5 heteroatoms. The van der Waals surface area contributed by atoms with E-state index in [0.29, 0.717) is 0 Å². The molecule has 1 unspecified atom stereocenters. The first-order valence-corrected chi connectivity index (χ1v) is 7.83. The second-order valence-electron chi connectivity index (χ2n) is 5.78. The van der Waals surface area contributed by atoms with Crippen molar-refractivity contribution in [3.8, 4) is 0 Å². The number of rotatable bonds is 4. The molecule has 5 nitrogen and oxygen atoms in total. The number of nitrogens with one attached hydrogen (secondary N) is 1. The predicted octanol–water partition coefficient (Wildman–Crippen LogP) is 3.35. The SMILES string of the molecule is CCCN(C(=O)Nc1cnn(C)c1)C1CCc2ccccc21. The summed E-state index contributed by atoms with van der Waals surface area (Å²) in [6.45, 7) is 2.86. The number of fused-ring (bicyclic) bond motifs is 1. The zero-order chi connectivity index (χ0) is 15.5. The average molecular weight is 298 g/mol. The number of benzene rings is 1. The van der Waals surface area contributed by atoms with E-state index >= 15 is 0 Å². The number of nitrogens with zero attached hydrogens (tertiary/aromatic N) is 3. The van der Waals surface area contributed by atoms with Gasteiger partial charge in [-0.1, -0.05) is 31.2 Å². The standard InChI is InChI=1S/C17H22N4O/c1-3-10-21(17(22)19-14-11-18-20(2)12-14)16-9-8-13-6-4-5-7-15(13)16/h4-7,11-12,16H,3,8-10H2,1-2H3,(H,19,22). The summed E-state index contributed by atoms with van der Waals surface area (Å²) < 4.78 is 1.69. The molecule has 0 spiro atoms. The summed E-state index contributed by atoms with van der Waals surface area (Å²) >= 11 is 0. The molecule has 2 aromatic rings. The number of amides is 2. The van der Waals surface area contributed by atoms with Gasteiger partial charge in [-0.3, -0.25) is 4.68 Å². The van der Waals surface area contributed by atoms with Crippen LogP contribution in [0.2, 0.25) is 0 Å². The van der Waals surface area contributed by atoms with Crippen LogP contribution < -0.4 is 5.32 Å². The van der Waals surface area contributed by atoms with Gasteiger partial charge in [0.15, 0.2) is 0 Å². The van der Waals surface area contributed by atoms with Gasteiger partial charge in [-0.25, -0.2) is 4.79 Å². The first-order valence-electron chi connectivity index (χ1n) is 7.83. The van der Waals surface area contributed by atoms with Gasteiger partial charge in [0, 0.05) is 19.8 Å². The highest BCUT2D eigenvalue weighted by Crippen LogP contribution is 2.35. The maximum absolute atomic E-state index is 12.7. The fourth-order valence-electron chi connectivity index (χ4n) is 3.18. The minimum Gasteiger partial charge on any atom is -0.317 e. The lowest BCUT2D eigenvalue weighted by Gasteiger charge is -2.29. The maximum Gasteiger partial charge on any atom is 0.322 e. The summed E-state index contributed by atoms with van der Waals surface area (Å²) in [4.78, 5) is 14.6. The third kappa shape index (κ3) is 2.84. The molecule has 0 radical (unpaired) electrons. The molecule has 2 amide bonds. The topological polar surface area (TPSA) is 50.2 Å². The predicted molar refractivity (Wildman–Crippen MR) is 86.7 cm³/mol. The number of hydrogen-bond acceptors (Lipinski definition) is 2. The number of carbonyl (C=O) groups is 1. The van der Waals surface area contributed by atoms with Crippen molar-refractivity contribution in [2.24, 2.45) is 7.05 Å². The number of aromatic nitrogens is 2. The molecule has 0 saturated heterocycles. The quantitative estimate of drug-likeness (QED) is 0.941. The summed E-state index contributed by atoms with van der Waals surface area (Å²) in [5.41, 5.74) is 3.39. The Balaban J connectivity index is 1.79. The van der Waals surface area contributed by atoms with Crippen molar-refractivity contribution in [2.75, 3.05) is 11.9 Å². The Hall–Kier alpha value is -2.30. The fourth-order valence-corrected chi connectivity index (χ4v) is 3.18. The molecule has 1 aliphatic carbocycles. The van der Waals surface area contributed by atoms with Crippen LogP contribution in [0.3, 0.4) is 0 Å². The van der Waals surface area contributed by atoms with Crippen LogP contribution >= 0.6 is 0 Å². The van der Waals surface area contributed by atoms with Crippen LogP contribution in [0.15, 0.2) is 36.7 Å². The number of aryl methyl sites for hydroxylation is 2. The third-order valence-corrected chi connectivity index (χ3v) is 4.16. The van der Waals surface area contributed by atoms with Crippen LogP contribution in [0.5, 0.6) is 0 Å². The van der Waals surface area contributed by atoms with Crippen molar-refractivity contribution in [1.82, 2.24) is 14.7 Å². The van der Waals surface area contributed by atoms with E-state index in [1.807, 2.05) is 18.1 Å². The monoisotopic (exact) mass is 298 g/mol. The Morgan fingerprint density at radius 3 is 3.00 bits per heavy atom. The Kier molecular flexibility index (Phi) is 4.13. The Labute approximate surface area is 130 Å². The molecular weight excluding hydrogens is 276 g/mol. The van der Waals surface area contributed by atoms with Gasteiger partial charge >= 0.3 is 6.03 Å². The van der Waals surface area contributed by atoms with E-state index in [9.17, 15) is 4.79 Å². The second kappa shape index (κ2) is 6.22. The van der Waals surface area contributed by atoms with Gasteiger partial charge in [0.25, 0.3) is 0 Å². The van der Waals surface area contributed by atoms with Crippen molar-refractivity contribution >= 4 is 11.7 Å².